The number of nitrogens with zero attached hydrogens (tertiary/aromatic N) is 1. The first-order valence-corrected chi connectivity index (χ1v) is 6.46. The molecular formula is C10H15N5O2S. The van der Waals surface area contributed by atoms with Crippen LogP contribution in [0.1, 0.15) is 22.5 Å². The maximum atomic E-state index is 12.0. The molecule has 0 spiro atoms. The van der Waals surface area contributed by atoms with Crippen molar-refractivity contribution in [2.75, 3.05) is 24.6 Å². The van der Waals surface area contributed by atoms with E-state index in [2.05, 4.69) is 20.9 Å². The SMILES string of the molecule is CNc1nc(N)c(C(=O)NC2CCCNC2=O)s1. The van der Waals surface area contributed by atoms with Gasteiger partial charge in [0.25, 0.3) is 5.91 Å². The minimum Gasteiger partial charge on any atom is -0.382 e. The van der Waals surface area contributed by atoms with Gasteiger partial charge < -0.3 is 21.7 Å². The lowest BCUT2D eigenvalue weighted by Gasteiger charge is -2.22. The molecule has 1 aliphatic heterocycles. The average Bonchev–Trinajstić information content (AvgIpc) is 2.73. The molecule has 0 bridgehead atoms. The Morgan fingerprint density at radius 2 is 2.39 bits per heavy atom. The number of nitrogens with one attached hydrogen (secondary N) is 3. The molecule has 7 nitrogen and oxygen atoms in total. The maximum Gasteiger partial charge on any atom is 0.265 e. The van der Waals surface area contributed by atoms with Crippen LogP contribution in [-0.2, 0) is 4.79 Å². The molecule has 18 heavy (non-hydrogen) atoms. The molecule has 0 radical (unpaired) electrons. The quantitative estimate of drug-likeness (QED) is 0.606. The molecule has 8 heteroatoms. The van der Waals surface area contributed by atoms with Gasteiger partial charge in [-0.05, 0) is 12.8 Å². The Labute approximate surface area is 108 Å². The van der Waals surface area contributed by atoms with Gasteiger partial charge in [-0.25, -0.2) is 4.98 Å². The number of nitrogen functional groups attached to an aromatic ring is 1. The van der Waals surface area contributed by atoms with Crippen LogP contribution >= 0.6 is 11.3 Å². The van der Waals surface area contributed by atoms with Gasteiger partial charge >= 0.3 is 0 Å². The fraction of sp³-hybridized carbons (Fsp3) is 0.500. The summed E-state index contributed by atoms with van der Waals surface area (Å²) in [4.78, 5) is 27.8. The molecule has 0 aliphatic carbocycles. The molecule has 1 saturated heterocycles. The van der Waals surface area contributed by atoms with Crippen molar-refractivity contribution in [3.8, 4) is 0 Å². The summed E-state index contributed by atoms with van der Waals surface area (Å²) in [6, 6.07) is -0.481. The molecular weight excluding hydrogens is 254 g/mol. The van der Waals surface area contributed by atoms with E-state index in [-0.39, 0.29) is 17.6 Å². The zero-order chi connectivity index (χ0) is 13.1. The van der Waals surface area contributed by atoms with Crippen LogP contribution in [0.4, 0.5) is 10.9 Å². The van der Waals surface area contributed by atoms with E-state index in [0.717, 1.165) is 6.42 Å². The smallest absolute Gasteiger partial charge is 0.265 e. The third-order valence-electron chi connectivity index (χ3n) is 2.66. The monoisotopic (exact) mass is 269 g/mol. The van der Waals surface area contributed by atoms with Gasteiger partial charge in [-0.2, -0.15) is 0 Å². The van der Waals surface area contributed by atoms with E-state index in [1.54, 1.807) is 7.05 Å². The third kappa shape index (κ3) is 2.53. The summed E-state index contributed by atoms with van der Waals surface area (Å²) in [6.07, 6.45) is 1.51. The number of carbonyl (C=O) groups excluding carboxylic acids is 2. The number of carbonyl (C=O) groups is 2. The van der Waals surface area contributed by atoms with E-state index in [1.807, 2.05) is 0 Å². The number of piperidine rings is 1. The second kappa shape index (κ2) is 5.21. The number of amides is 2. The number of hydrogen-bond donors (Lipinski definition) is 4. The normalized spacial score (nSPS) is 19.2. The van der Waals surface area contributed by atoms with Crippen LogP contribution in [0.3, 0.4) is 0 Å². The fourth-order valence-corrected chi connectivity index (χ4v) is 2.48. The zero-order valence-corrected chi connectivity index (χ0v) is 10.8. The Bertz CT molecular complexity index is 473. The molecule has 5 N–H and O–H groups in total. The topological polar surface area (TPSA) is 109 Å². The molecule has 98 valence electrons. The predicted octanol–water partition coefficient (Wildman–Crippen LogP) is -0.225. The van der Waals surface area contributed by atoms with Crippen LogP contribution in [0.2, 0.25) is 0 Å². The summed E-state index contributed by atoms with van der Waals surface area (Å²) in [5.74, 6) is -0.321. The van der Waals surface area contributed by atoms with Gasteiger partial charge in [0.15, 0.2) is 5.13 Å². The number of aromatic nitrogens is 1. The highest BCUT2D eigenvalue weighted by Gasteiger charge is 2.26. The van der Waals surface area contributed by atoms with Crippen LogP contribution in [0, 0.1) is 0 Å². The number of hydrogen-bond acceptors (Lipinski definition) is 6. The van der Waals surface area contributed by atoms with Crippen LogP contribution in [0.15, 0.2) is 0 Å². The van der Waals surface area contributed by atoms with Crippen molar-refractivity contribution in [2.24, 2.45) is 0 Å². The lowest BCUT2D eigenvalue weighted by molar-refractivity contribution is -0.124. The highest BCUT2D eigenvalue weighted by atomic mass is 32.1. The lowest BCUT2D eigenvalue weighted by Crippen LogP contribution is -2.50. The van der Waals surface area contributed by atoms with Gasteiger partial charge in [0, 0.05) is 13.6 Å². The van der Waals surface area contributed by atoms with Gasteiger partial charge in [0.1, 0.15) is 16.7 Å². The molecule has 2 heterocycles. The van der Waals surface area contributed by atoms with E-state index >= 15 is 0 Å². The molecule has 2 amide bonds. The molecule has 1 aromatic heterocycles. The van der Waals surface area contributed by atoms with Crippen molar-refractivity contribution < 1.29 is 9.59 Å². The Morgan fingerprint density at radius 1 is 1.61 bits per heavy atom. The van der Waals surface area contributed by atoms with E-state index in [1.165, 1.54) is 11.3 Å². The van der Waals surface area contributed by atoms with Crippen molar-refractivity contribution in [3.05, 3.63) is 4.88 Å². The summed E-state index contributed by atoms with van der Waals surface area (Å²) in [7, 11) is 1.70. The van der Waals surface area contributed by atoms with Crippen LogP contribution in [0.25, 0.3) is 0 Å². The van der Waals surface area contributed by atoms with E-state index in [9.17, 15) is 9.59 Å². The Morgan fingerprint density at radius 3 is 3.00 bits per heavy atom. The summed E-state index contributed by atoms with van der Waals surface area (Å²) in [5, 5.41) is 8.78. The van der Waals surface area contributed by atoms with Crippen molar-refractivity contribution in [2.45, 2.75) is 18.9 Å². The van der Waals surface area contributed by atoms with E-state index < -0.39 is 6.04 Å². The number of rotatable bonds is 3. The van der Waals surface area contributed by atoms with E-state index in [4.69, 9.17) is 5.73 Å². The second-order valence-corrected chi connectivity index (χ2v) is 4.94. The van der Waals surface area contributed by atoms with Gasteiger partial charge in [-0.1, -0.05) is 11.3 Å². The number of anilines is 2. The Kier molecular flexibility index (Phi) is 3.66. The first-order chi connectivity index (χ1) is 8.61. The average molecular weight is 269 g/mol. The zero-order valence-electron chi connectivity index (χ0n) is 9.95. The second-order valence-electron chi connectivity index (χ2n) is 3.94. The summed E-state index contributed by atoms with van der Waals surface area (Å²) in [6.45, 7) is 0.664. The minimum absolute atomic E-state index is 0.147. The molecule has 0 aromatic carbocycles. The molecule has 1 aliphatic rings. The highest BCUT2D eigenvalue weighted by molar-refractivity contribution is 7.18. The van der Waals surface area contributed by atoms with Crippen molar-refractivity contribution >= 4 is 34.1 Å². The predicted molar refractivity (Wildman–Crippen MR) is 69.6 cm³/mol. The lowest BCUT2D eigenvalue weighted by atomic mass is 10.1. The molecule has 2 rings (SSSR count). The molecule has 1 unspecified atom stereocenters. The highest BCUT2D eigenvalue weighted by Crippen LogP contribution is 2.24. The number of nitrogens with two attached hydrogens (primary N) is 1. The summed E-state index contributed by atoms with van der Waals surface area (Å²) < 4.78 is 0. The first-order valence-electron chi connectivity index (χ1n) is 5.64. The fourth-order valence-electron chi connectivity index (χ4n) is 1.74. The Hall–Kier alpha value is -1.83. The number of thiazole rings is 1. The molecule has 1 atom stereocenters. The molecule has 0 saturated carbocycles. The molecule has 1 aromatic rings. The van der Waals surface area contributed by atoms with Gasteiger partial charge in [-0.3, -0.25) is 9.59 Å². The summed E-state index contributed by atoms with van der Waals surface area (Å²) in [5.41, 5.74) is 5.66. The van der Waals surface area contributed by atoms with Crippen LogP contribution < -0.4 is 21.7 Å². The minimum atomic E-state index is -0.481. The van der Waals surface area contributed by atoms with Crippen molar-refractivity contribution in [3.63, 3.8) is 0 Å². The largest absolute Gasteiger partial charge is 0.382 e. The summed E-state index contributed by atoms with van der Waals surface area (Å²) >= 11 is 1.17. The van der Waals surface area contributed by atoms with Gasteiger partial charge in [0.2, 0.25) is 5.91 Å². The van der Waals surface area contributed by atoms with Crippen LogP contribution in [-0.4, -0.2) is 36.4 Å². The van der Waals surface area contributed by atoms with Gasteiger partial charge in [0.05, 0.1) is 0 Å². The van der Waals surface area contributed by atoms with Crippen molar-refractivity contribution in [1.82, 2.24) is 15.6 Å². The van der Waals surface area contributed by atoms with Crippen LogP contribution in [0.5, 0.6) is 0 Å². The Balaban J connectivity index is 2.06. The maximum absolute atomic E-state index is 12.0. The molecule has 1 fully saturated rings. The third-order valence-corrected chi connectivity index (χ3v) is 3.75. The van der Waals surface area contributed by atoms with Crippen molar-refractivity contribution in [1.29, 1.82) is 0 Å². The van der Waals surface area contributed by atoms with Gasteiger partial charge in [-0.15, -0.1) is 0 Å². The first kappa shape index (κ1) is 12.6. The van der Waals surface area contributed by atoms with E-state index in [0.29, 0.717) is 23.0 Å². The standard InChI is InChI=1S/C10H15N5O2S/c1-12-10-15-7(11)6(18-10)9(17)14-5-3-2-4-13-8(5)16/h5H,2-4,11H2,1H3,(H,12,15)(H,13,16)(H,14,17).